The van der Waals surface area contributed by atoms with Gasteiger partial charge in [0.05, 0.1) is 18.3 Å². The first-order valence-electron chi connectivity index (χ1n) is 8.19. The molecule has 0 aliphatic carbocycles. The van der Waals surface area contributed by atoms with E-state index in [1.807, 2.05) is 13.8 Å². The van der Waals surface area contributed by atoms with E-state index in [9.17, 15) is 14.7 Å². The summed E-state index contributed by atoms with van der Waals surface area (Å²) >= 11 is 3.10. The van der Waals surface area contributed by atoms with Crippen LogP contribution in [0.3, 0.4) is 0 Å². The second-order valence-electron chi connectivity index (χ2n) is 5.60. The number of rotatable bonds is 8. The Bertz CT molecular complexity index is 701. The minimum absolute atomic E-state index is 0.155. The van der Waals surface area contributed by atoms with Crippen molar-refractivity contribution in [2.45, 2.75) is 51.4 Å². The lowest BCUT2D eigenvalue weighted by atomic mass is 10.2. The smallest absolute Gasteiger partial charge is 0.330 e. The molecule has 25 heavy (non-hydrogen) atoms. The number of aliphatic hydroxyl groups excluding tert-OH is 1. The molecule has 2 N–H and O–H groups in total. The summed E-state index contributed by atoms with van der Waals surface area (Å²) in [6.07, 6.45) is 1.45. The number of nitrogens with zero attached hydrogens (tertiary/aromatic N) is 1. The molecule has 2 heterocycles. The van der Waals surface area contributed by atoms with Gasteiger partial charge < -0.3 is 19.3 Å². The van der Waals surface area contributed by atoms with Gasteiger partial charge in [-0.25, -0.2) is 4.79 Å². The summed E-state index contributed by atoms with van der Waals surface area (Å²) in [5.74, 6) is 0. The van der Waals surface area contributed by atoms with Crippen LogP contribution in [0.1, 0.15) is 38.5 Å². The Morgan fingerprint density at radius 1 is 1.48 bits per heavy atom. The summed E-state index contributed by atoms with van der Waals surface area (Å²) in [7, 11) is 0. The minimum atomic E-state index is -0.780. The van der Waals surface area contributed by atoms with Crippen molar-refractivity contribution in [3.05, 3.63) is 37.6 Å². The van der Waals surface area contributed by atoms with Gasteiger partial charge in [-0.1, -0.05) is 22.9 Å². The van der Waals surface area contributed by atoms with E-state index in [0.29, 0.717) is 18.6 Å². The Hall–Kier alpha value is -1.26. The van der Waals surface area contributed by atoms with Crippen molar-refractivity contribution in [3.8, 4) is 0 Å². The molecule has 0 spiro atoms. The zero-order chi connectivity index (χ0) is 18.4. The van der Waals surface area contributed by atoms with Crippen LogP contribution in [0.2, 0.25) is 0 Å². The number of nitrogens with one attached hydrogen (secondary N) is 1. The minimum Gasteiger partial charge on any atom is -0.390 e. The van der Waals surface area contributed by atoms with Gasteiger partial charge in [-0.15, -0.1) is 0 Å². The van der Waals surface area contributed by atoms with E-state index in [4.69, 9.17) is 14.2 Å². The Kier molecular flexibility index (Phi) is 7.57. The molecule has 0 saturated carbocycles. The molecule has 2 unspecified atom stereocenters. The quantitative estimate of drug-likeness (QED) is 0.617. The number of aromatic amines is 1. The highest BCUT2D eigenvalue weighted by atomic mass is 79.9. The average molecular weight is 419 g/mol. The third kappa shape index (κ3) is 5.11. The maximum absolute atomic E-state index is 12.1. The first-order valence-corrected chi connectivity index (χ1v) is 9.10. The lowest BCUT2D eigenvalue weighted by molar-refractivity contribution is -0.169. The lowest BCUT2D eigenvalue weighted by Gasteiger charge is -2.20. The van der Waals surface area contributed by atoms with E-state index in [0.717, 1.165) is 0 Å². The van der Waals surface area contributed by atoms with Gasteiger partial charge in [0.1, 0.15) is 12.3 Å². The Labute approximate surface area is 153 Å². The Morgan fingerprint density at radius 2 is 2.24 bits per heavy atom. The Balaban J connectivity index is 2.09. The molecule has 4 atom stereocenters. The van der Waals surface area contributed by atoms with Crippen LogP contribution in [0.25, 0.3) is 6.08 Å². The summed E-state index contributed by atoms with van der Waals surface area (Å²) < 4.78 is 18.1. The molecular formula is C16H23BrN2O6. The number of ether oxygens (including phenoxy) is 3. The first kappa shape index (κ1) is 20.1. The monoisotopic (exact) mass is 418 g/mol. The first-order chi connectivity index (χ1) is 12.0. The van der Waals surface area contributed by atoms with E-state index in [2.05, 4.69) is 20.9 Å². The highest BCUT2D eigenvalue weighted by Gasteiger charge is 2.36. The maximum atomic E-state index is 12.1. The third-order valence-electron chi connectivity index (χ3n) is 3.88. The van der Waals surface area contributed by atoms with E-state index in [1.54, 1.807) is 0 Å². The highest BCUT2D eigenvalue weighted by Crippen LogP contribution is 2.28. The van der Waals surface area contributed by atoms with Crippen LogP contribution in [-0.2, 0) is 14.2 Å². The molecule has 1 fully saturated rings. The highest BCUT2D eigenvalue weighted by molar-refractivity contribution is 9.11. The van der Waals surface area contributed by atoms with Gasteiger partial charge in [-0.3, -0.25) is 14.3 Å². The van der Waals surface area contributed by atoms with Crippen molar-refractivity contribution in [1.82, 2.24) is 9.55 Å². The van der Waals surface area contributed by atoms with Gasteiger partial charge in [0.15, 0.2) is 6.29 Å². The fourth-order valence-corrected chi connectivity index (χ4v) is 2.89. The summed E-state index contributed by atoms with van der Waals surface area (Å²) in [5.41, 5.74) is -0.772. The number of hydrogen-bond acceptors (Lipinski definition) is 6. The van der Waals surface area contributed by atoms with Crippen LogP contribution in [0.15, 0.2) is 20.8 Å². The normalized spacial score (nSPS) is 24.9. The number of halogens is 1. The van der Waals surface area contributed by atoms with Crippen LogP contribution in [0, 0.1) is 0 Å². The van der Waals surface area contributed by atoms with Crippen molar-refractivity contribution in [3.63, 3.8) is 0 Å². The van der Waals surface area contributed by atoms with E-state index < -0.39 is 29.7 Å². The second kappa shape index (κ2) is 9.44. The van der Waals surface area contributed by atoms with E-state index in [1.165, 1.54) is 21.8 Å². The van der Waals surface area contributed by atoms with Crippen LogP contribution >= 0.6 is 15.9 Å². The van der Waals surface area contributed by atoms with Crippen molar-refractivity contribution >= 4 is 22.0 Å². The molecule has 140 valence electrons. The fourth-order valence-electron chi connectivity index (χ4n) is 2.61. The summed E-state index contributed by atoms with van der Waals surface area (Å²) in [4.78, 5) is 27.5. The predicted octanol–water partition coefficient (Wildman–Crippen LogP) is 1.34. The number of aromatic nitrogens is 2. The van der Waals surface area contributed by atoms with Crippen LogP contribution in [0.5, 0.6) is 0 Å². The van der Waals surface area contributed by atoms with Crippen molar-refractivity contribution in [2.24, 2.45) is 0 Å². The van der Waals surface area contributed by atoms with E-state index >= 15 is 0 Å². The average Bonchev–Trinajstić information content (AvgIpc) is 2.94. The predicted molar refractivity (Wildman–Crippen MR) is 95.5 cm³/mol. The van der Waals surface area contributed by atoms with E-state index in [-0.39, 0.29) is 19.3 Å². The molecule has 1 aliphatic heterocycles. The molecule has 1 aromatic heterocycles. The van der Waals surface area contributed by atoms with Gasteiger partial charge >= 0.3 is 5.69 Å². The number of aliphatic hydroxyl groups is 1. The summed E-state index contributed by atoms with van der Waals surface area (Å²) in [5, 5.41) is 10.2. The SMILES string of the molecule is CCOC(CC)OC[C@@H]1O[C@H](n2cc(C=CBr)c(=O)[nH]c2=O)CC1O. The molecule has 1 aromatic rings. The molecule has 1 aliphatic rings. The van der Waals surface area contributed by atoms with Gasteiger partial charge in [-0.05, 0) is 24.4 Å². The molecule has 9 heteroatoms. The number of hydrogen-bond donors (Lipinski definition) is 2. The third-order valence-corrected chi connectivity index (χ3v) is 4.15. The zero-order valence-corrected chi connectivity index (χ0v) is 15.8. The van der Waals surface area contributed by atoms with Crippen LogP contribution in [0.4, 0.5) is 0 Å². The van der Waals surface area contributed by atoms with Gasteiger partial charge in [-0.2, -0.15) is 0 Å². The van der Waals surface area contributed by atoms with Crippen LogP contribution < -0.4 is 11.2 Å². The largest absolute Gasteiger partial charge is 0.390 e. The van der Waals surface area contributed by atoms with Gasteiger partial charge in [0.25, 0.3) is 5.56 Å². The molecule has 0 aromatic carbocycles. The molecule has 8 nitrogen and oxygen atoms in total. The number of H-pyrrole nitrogens is 1. The van der Waals surface area contributed by atoms with Crippen molar-refractivity contribution < 1.29 is 19.3 Å². The molecule has 0 radical (unpaired) electrons. The molecule has 2 rings (SSSR count). The maximum Gasteiger partial charge on any atom is 0.330 e. The molecular weight excluding hydrogens is 396 g/mol. The Morgan fingerprint density at radius 3 is 2.88 bits per heavy atom. The summed E-state index contributed by atoms with van der Waals surface area (Å²) in [6.45, 7) is 4.51. The molecule has 1 saturated heterocycles. The molecule has 0 amide bonds. The molecule has 0 bridgehead atoms. The van der Waals surface area contributed by atoms with Gasteiger partial charge in [0, 0.05) is 19.2 Å². The second-order valence-corrected chi connectivity index (χ2v) is 6.13. The summed E-state index contributed by atoms with van der Waals surface area (Å²) in [6, 6.07) is 0. The zero-order valence-electron chi connectivity index (χ0n) is 14.2. The standard InChI is InChI=1S/C16H23BrN2O6/c1-3-14(23-4-2)24-9-12-11(20)7-13(25-12)19-8-10(5-6-17)15(21)18-16(19)22/h5-6,8,11-14,20H,3-4,7,9H2,1-2H3,(H,18,21,22)/t11?,12-,13-,14?/m0/s1. The fraction of sp³-hybridized carbons (Fsp3) is 0.625. The van der Waals surface area contributed by atoms with Crippen molar-refractivity contribution in [2.75, 3.05) is 13.2 Å². The van der Waals surface area contributed by atoms with Crippen LogP contribution in [-0.4, -0.2) is 46.4 Å². The lowest BCUT2D eigenvalue weighted by Crippen LogP contribution is -2.33. The van der Waals surface area contributed by atoms with Crippen molar-refractivity contribution in [1.29, 1.82) is 0 Å². The van der Waals surface area contributed by atoms with Gasteiger partial charge in [0.2, 0.25) is 0 Å². The topological polar surface area (TPSA) is 103 Å².